The largest absolute Gasteiger partial charge is 0.496 e. The Morgan fingerprint density at radius 3 is 2.69 bits per heavy atom. The van der Waals surface area contributed by atoms with Crippen molar-refractivity contribution in [2.75, 3.05) is 54.4 Å². The van der Waals surface area contributed by atoms with Crippen LogP contribution in [0.15, 0.2) is 29.3 Å². The second-order valence-corrected chi connectivity index (χ2v) is 7.84. The Hall–Kier alpha value is -1.06. The maximum absolute atomic E-state index is 5.55. The Bertz CT molecular complexity index is 611. The molecule has 0 aliphatic carbocycles. The number of aliphatic imine (C=N–C) groups is 1. The molecule has 6 nitrogen and oxygen atoms in total. The van der Waals surface area contributed by atoms with Gasteiger partial charge in [0.15, 0.2) is 5.96 Å². The molecule has 166 valence electrons. The highest BCUT2D eigenvalue weighted by atomic mass is 127. The molecule has 1 aromatic rings. The topological polar surface area (TPSA) is 52.1 Å². The van der Waals surface area contributed by atoms with Crippen LogP contribution < -0.4 is 15.4 Å². The number of hydrogen-bond acceptors (Lipinski definition) is 4. The van der Waals surface area contributed by atoms with E-state index < -0.39 is 0 Å². The number of para-hydroxylation sites is 1. The standard InChI is InChI=1S/C22H39N5O.HI/c1-18-11-8-9-15-27(18)16-10-14-24-22(23-2)25-17-20(26(3)4)19-12-6-7-13-21(19)28-5;/h6-7,12-13,18,20H,8-11,14-17H2,1-5H3,(H2,23,24,25);1H. The first-order chi connectivity index (χ1) is 13.6. The van der Waals surface area contributed by atoms with Gasteiger partial charge in [-0.15, -0.1) is 24.0 Å². The summed E-state index contributed by atoms with van der Waals surface area (Å²) in [7, 11) is 7.74. The fraction of sp³-hybridized carbons (Fsp3) is 0.682. The number of likely N-dealkylation sites (tertiary alicyclic amines) is 1. The zero-order valence-corrected chi connectivity index (χ0v) is 21.1. The number of benzene rings is 1. The van der Waals surface area contributed by atoms with Gasteiger partial charge in [0.2, 0.25) is 0 Å². The van der Waals surface area contributed by atoms with Gasteiger partial charge in [-0.3, -0.25) is 4.99 Å². The fourth-order valence-electron chi connectivity index (χ4n) is 3.91. The van der Waals surface area contributed by atoms with Crippen LogP contribution >= 0.6 is 24.0 Å². The van der Waals surface area contributed by atoms with E-state index in [0.29, 0.717) is 0 Å². The number of likely N-dealkylation sites (N-methyl/N-ethyl adjacent to an activating group) is 1. The number of halogens is 1. The SMILES string of the molecule is CN=C(NCCCN1CCCCC1C)NCC(c1ccccc1OC)N(C)C.I. The second-order valence-electron chi connectivity index (χ2n) is 7.84. The molecular weight excluding hydrogens is 477 g/mol. The van der Waals surface area contributed by atoms with Crippen molar-refractivity contribution in [2.24, 2.45) is 4.99 Å². The van der Waals surface area contributed by atoms with E-state index in [4.69, 9.17) is 4.74 Å². The minimum atomic E-state index is 0. The average Bonchev–Trinajstić information content (AvgIpc) is 2.71. The third-order valence-corrected chi connectivity index (χ3v) is 5.66. The van der Waals surface area contributed by atoms with Gasteiger partial charge < -0.3 is 25.2 Å². The summed E-state index contributed by atoms with van der Waals surface area (Å²) in [5, 5.41) is 6.94. The number of nitrogens with one attached hydrogen (secondary N) is 2. The summed E-state index contributed by atoms with van der Waals surface area (Å²) in [6, 6.07) is 9.13. The minimum absolute atomic E-state index is 0. The maximum Gasteiger partial charge on any atom is 0.191 e. The lowest BCUT2D eigenvalue weighted by Crippen LogP contribution is -2.43. The lowest BCUT2D eigenvalue weighted by Gasteiger charge is -2.33. The van der Waals surface area contributed by atoms with Crippen LogP contribution in [0.25, 0.3) is 0 Å². The highest BCUT2D eigenvalue weighted by Gasteiger charge is 2.19. The monoisotopic (exact) mass is 517 g/mol. The van der Waals surface area contributed by atoms with Gasteiger partial charge in [0, 0.05) is 38.3 Å². The molecule has 1 aliphatic rings. The molecule has 1 heterocycles. The van der Waals surface area contributed by atoms with E-state index in [1.165, 1.54) is 31.4 Å². The van der Waals surface area contributed by atoms with E-state index in [9.17, 15) is 0 Å². The Labute approximate surface area is 194 Å². The van der Waals surface area contributed by atoms with Crippen molar-refractivity contribution in [1.82, 2.24) is 20.4 Å². The van der Waals surface area contributed by atoms with Crippen molar-refractivity contribution in [3.05, 3.63) is 29.8 Å². The van der Waals surface area contributed by atoms with Crippen molar-refractivity contribution in [3.63, 3.8) is 0 Å². The van der Waals surface area contributed by atoms with Gasteiger partial charge in [-0.1, -0.05) is 24.6 Å². The van der Waals surface area contributed by atoms with Crippen LogP contribution in [0, 0.1) is 0 Å². The van der Waals surface area contributed by atoms with Gasteiger partial charge in [-0.05, 0) is 52.9 Å². The summed E-state index contributed by atoms with van der Waals surface area (Å²) in [6.45, 7) is 6.46. The first-order valence-electron chi connectivity index (χ1n) is 10.5. The van der Waals surface area contributed by atoms with Gasteiger partial charge >= 0.3 is 0 Å². The molecule has 29 heavy (non-hydrogen) atoms. The molecule has 1 aliphatic heterocycles. The Morgan fingerprint density at radius 1 is 1.28 bits per heavy atom. The molecule has 0 amide bonds. The van der Waals surface area contributed by atoms with Crippen LogP contribution in [0.2, 0.25) is 0 Å². The predicted octanol–water partition coefficient (Wildman–Crippen LogP) is 3.35. The van der Waals surface area contributed by atoms with Crippen LogP contribution in [0.1, 0.15) is 44.2 Å². The highest BCUT2D eigenvalue weighted by molar-refractivity contribution is 14.0. The van der Waals surface area contributed by atoms with E-state index in [-0.39, 0.29) is 30.0 Å². The summed E-state index contributed by atoms with van der Waals surface area (Å²) in [5.41, 5.74) is 1.18. The van der Waals surface area contributed by atoms with Gasteiger partial charge in [-0.2, -0.15) is 0 Å². The molecule has 0 bridgehead atoms. The third-order valence-electron chi connectivity index (χ3n) is 5.66. The molecule has 1 aromatic carbocycles. The number of guanidine groups is 1. The van der Waals surface area contributed by atoms with Crippen LogP contribution in [0.3, 0.4) is 0 Å². The molecule has 7 heteroatoms. The molecule has 2 N–H and O–H groups in total. The Kier molecular flexibility index (Phi) is 12.6. The highest BCUT2D eigenvalue weighted by Crippen LogP contribution is 2.27. The van der Waals surface area contributed by atoms with Gasteiger partial charge in [0.1, 0.15) is 5.75 Å². The molecule has 2 rings (SSSR count). The van der Waals surface area contributed by atoms with E-state index in [2.05, 4.69) is 58.6 Å². The molecule has 1 saturated heterocycles. The lowest BCUT2D eigenvalue weighted by atomic mass is 10.0. The van der Waals surface area contributed by atoms with Crippen LogP contribution in [-0.4, -0.2) is 76.2 Å². The van der Waals surface area contributed by atoms with Crippen LogP contribution in [0.4, 0.5) is 0 Å². The van der Waals surface area contributed by atoms with E-state index >= 15 is 0 Å². The van der Waals surface area contributed by atoms with Crippen molar-refractivity contribution in [2.45, 2.75) is 44.7 Å². The van der Waals surface area contributed by atoms with Crippen LogP contribution in [-0.2, 0) is 0 Å². The predicted molar refractivity (Wildman–Crippen MR) is 134 cm³/mol. The molecule has 0 aromatic heterocycles. The fourth-order valence-corrected chi connectivity index (χ4v) is 3.91. The van der Waals surface area contributed by atoms with E-state index in [1.807, 2.05) is 19.2 Å². The molecular formula is C22H40IN5O. The molecule has 0 spiro atoms. The maximum atomic E-state index is 5.55. The lowest BCUT2D eigenvalue weighted by molar-refractivity contribution is 0.159. The quantitative estimate of drug-likeness (QED) is 0.228. The molecule has 1 fully saturated rings. The molecule has 2 unspecified atom stereocenters. The summed E-state index contributed by atoms with van der Waals surface area (Å²) >= 11 is 0. The zero-order chi connectivity index (χ0) is 20.4. The van der Waals surface area contributed by atoms with E-state index in [1.54, 1.807) is 7.11 Å². The zero-order valence-electron chi connectivity index (χ0n) is 18.8. The smallest absolute Gasteiger partial charge is 0.191 e. The number of nitrogens with zero attached hydrogens (tertiary/aromatic N) is 3. The number of rotatable bonds is 9. The number of methoxy groups -OCH3 is 1. The summed E-state index contributed by atoms with van der Waals surface area (Å²) < 4.78 is 5.55. The first-order valence-corrected chi connectivity index (χ1v) is 10.5. The van der Waals surface area contributed by atoms with Crippen molar-refractivity contribution in [1.29, 1.82) is 0 Å². The van der Waals surface area contributed by atoms with Crippen molar-refractivity contribution in [3.8, 4) is 5.75 Å². The second kappa shape index (κ2) is 14.0. The summed E-state index contributed by atoms with van der Waals surface area (Å²) in [4.78, 5) is 9.21. The minimum Gasteiger partial charge on any atom is -0.496 e. The van der Waals surface area contributed by atoms with Crippen LogP contribution in [0.5, 0.6) is 5.75 Å². The Morgan fingerprint density at radius 2 is 2.03 bits per heavy atom. The van der Waals surface area contributed by atoms with E-state index in [0.717, 1.165) is 43.8 Å². The molecule has 0 saturated carbocycles. The number of piperidine rings is 1. The number of ether oxygens (including phenoxy) is 1. The normalized spacial score (nSPS) is 18.8. The van der Waals surface area contributed by atoms with Crippen molar-refractivity contribution < 1.29 is 4.74 Å². The third kappa shape index (κ3) is 8.30. The van der Waals surface area contributed by atoms with Gasteiger partial charge in [-0.25, -0.2) is 0 Å². The Balaban J connectivity index is 0.00000420. The molecule has 0 radical (unpaired) electrons. The van der Waals surface area contributed by atoms with Crippen molar-refractivity contribution >= 4 is 29.9 Å². The van der Waals surface area contributed by atoms with Gasteiger partial charge in [0.05, 0.1) is 13.2 Å². The van der Waals surface area contributed by atoms with Gasteiger partial charge in [0.25, 0.3) is 0 Å². The average molecular weight is 518 g/mol. The first kappa shape index (κ1) is 26.0. The number of hydrogen-bond donors (Lipinski definition) is 2. The molecule has 2 atom stereocenters. The summed E-state index contributed by atoms with van der Waals surface area (Å²) in [6.07, 6.45) is 5.20. The summed E-state index contributed by atoms with van der Waals surface area (Å²) in [5.74, 6) is 1.77.